The average molecular weight is 422 g/mol. The molecule has 0 atom stereocenters. The first-order valence-electron chi connectivity index (χ1n) is 9.09. The first kappa shape index (κ1) is 20.9. The molecule has 0 aliphatic carbocycles. The molecule has 0 aliphatic rings. The van der Waals surface area contributed by atoms with Gasteiger partial charge in [-0.1, -0.05) is 19.9 Å². The largest absolute Gasteiger partial charge is 0.465 e. The van der Waals surface area contributed by atoms with Crippen LogP contribution in [0.4, 0.5) is 8.78 Å². The zero-order valence-corrected chi connectivity index (χ0v) is 17.0. The summed E-state index contributed by atoms with van der Waals surface area (Å²) in [5, 5.41) is 0.269. The van der Waals surface area contributed by atoms with Crippen molar-refractivity contribution in [2.75, 3.05) is 6.61 Å². The number of carbonyl (C=O) groups is 1. The summed E-state index contributed by atoms with van der Waals surface area (Å²) in [6.07, 6.45) is 0. The Morgan fingerprint density at radius 3 is 2.52 bits per heavy atom. The van der Waals surface area contributed by atoms with Gasteiger partial charge in [-0.05, 0) is 25.0 Å². The fraction of sp³-hybridized carbons (Fsp3) is 0.350. The van der Waals surface area contributed by atoms with E-state index in [1.54, 1.807) is 13.0 Å². The molecule has 29 heavy (non-hydrogen) atoms. The normalized spacial score (nSPS) is 11.4. The van der Waals surface area contributed by atoms with Crippen LogP contribution in [0.2, 0.25) is 0 Å². The van der Waals surface area contributed by atoms with Crippen LogP contribution in [-0.4, -0.2) is 21.7 Å². The highest BCUT2D eigenvalue weighted by Gasteiger charge is 2.20. The third-order valence-electron chi connectivity index (χ3n) is 4.42. The lowest BCUT2D eigenvalue weighted by Crippen LogP contribution is -2.41. The minimum absolute atomic E-state index is 0.00746. The van der Waals surface area contributed by atoms with Crippen molar-refractivity contribution < 1.29 is 18.3 Å². The first-order valence-corrected chi connectivity index (χ1v) is 9.91. The Labute approximate surface area is 169 Å². The van der Waals surface area contributed by atoms with Gasteiger partial charge in [0.15, 0.2) is 0 Å². The summed E-state index contributed by atoms with van der Waals surface area (Å²) < 4.78 is 34.3. The number of fused-ring (bicyclic) bond motifs is 1. The van der Waals surface area contributed by atoms with E-state index < -0.39 is 28.9 Å². The number of nitrogens with zero attached hydrogens (tertiary/aromatic N) is 2. The molecule has 0 spiro atoms. The van der Waals surface area contributed by atoms with Gasteiger partial charge in [0, 0.05) is 16.5 Å². The average Bonchev–Trinajstić information content (AvgIpc) is 3.10. The van der Waals surface area contributed by atoms with E-state index in [9.17, 15) is 23.2 Å². The van der Waals surface area contributed by atoms with E-state index in [-0.39, 0.29) is 36.6 Å². The maximum Gasteiger partial charge on any atom is 0.332 e. The van der Waals surface area contributed by atoms with Gasteiger partial charge in [-0.15, -0.1) is 11.3 Å². The zero-order valence-electron chi connectivity index (χ0n) is 16.2. The van der Waals surface area contributed by atoms with Gasteiger partial charge in [-0.3, -0.25) is 18.7 Å². The second kappa shape index (κ2) is 8.28. The molecule has 3 aromatic rings. The summed E-state index contributed by atoms with van der Waals surface area (Å²) in [6.45, 7) is 4.95. The summed E-state index contributed by atoms with van der Waals surface area (Å²) in [6, 6.07) is 4.62. The van der Waals surface area contributed by atoms with Crippen molar-refractivity contribution >= 4 is 27.5 Å². The Balaban J connectivity index is 2.22. The predicted molar refractivity (Wildman–Crippen MR) is 107 cm³/mol. The SMILES string of the molecule is CCOC(=O)Cn1c(=O)n(Cc2ccc(F)cc2F)c(=O)c2cc(C(C)C)sc21. The van der Waals surface area contributed by atoms with Gasteiger partial charge in [0.05, 0.1) is 18.5 Å². The summed E-state index contributed by atoms with van der Waals surface area (Å²) in [7, 11) is 0. The van der Waals surface area contributed by atoms with Gasteiger partial charge in [0.2, 0.25) is 0 Å². The Kier molecular flexibility index (Phi) is 5.97. The second-order valence-corrected chi connectivity index (χ2v) is 7.89. The Morgan fingerprint density at radius 1 is 1.17 bits per heavy atom. The number of halogens is 2. The standard InChI is InChI=1S/C20H20F2N2O4S/c1-4-28-17(25)10-24-19-14(8-16(29-19)11(2)3)18(26)23(20(24)27)9-12-5-6-13(21)7-15(12)22/h5-8,11H,4,9-10H2,1-3H3. The van der Waals surface area contributed by atoms with Gasteiger partial charge >= 0.3 is 11.7 Å². The summed E-state index contributed by atoms with van der Waals surface area (Å²) in [4.78, 5) is 39.3. The van der Waals surface area contributed by atoms with E-state index in [1.807, 2.05) is 13.8 Å². The number of hydrogen-bond acceptors (Lipinski definition) is 5. The molecule has 2 aromatic heterocycles. The van der Waals surface area contributed by atoms with E-state index in [1.165, 1.54) is 22.0 Å². The lowest BCUT2D eigenvalue weighted by Gasteiger charge is -2.12. The fourth-order valence-corrected chi connectivity index (χ4v) is 4.08. The van der Waals surface area contributed by atoms with Crippen molar-refractivity contribution in [1.82, 2.24) is 9.13 Å². The number of rotatable bonds is 6. The number of aromatic nitrogens is 2. The number of ether oxygens (including phenoxy) is 1. The van der Waals surface area contributed by atoms with Crippen LogP contribution in [0.5, 0.6) is 0 Å². The molecule has 0 amide bonds. The van der Waals surface area contributed by atoms with E-state index in [0.717, 1.165) is 15.5 Å². The molecule has 6 nitrogen and oxygen atoms in total. The minimum Gasteiger partial charge on any atom is -0.465 e. The number of esters is 1. The molecular weight excluding hydrogens is 402 g/mol. The molecular formula is C20H20F2N2O4S. The Bertz CT molecular complexity index is 1190. The molecule has 0 N–H and O–H groups in total. The van der Waals surface area contributed by atoms with Crippen LogP contribution in [0, 0.1) is 11.6 Å². The van der Waals surface area contributed by atoms with E-state index in [0.29, 0.717) is 10.9 Å². The van der Waals surface area contributed by atoms with E-state index >= 15 is 0 Å². The molecule has 1 aromatic carbocycles. The maximum absolute atomic E-state index is 14.1. The molecule has 0 saturated carbocycles. The summed E-state index contributed by atoms with van der Waals surface area (Å²) in [5.74, 6) is -2.12. The summed E-state index contributed by atoms with van der Waals surface area (Å²) >= 11 is 1.26. The van der Waals surface area contributed by atoms with Gasteiger partial charge < -0.3 is 4.74 Å². The first-order chi connectivity index (χ1) is 13.7. The van der Waals surface area contributed by atoms with Crippen molar-refractivity contribution in [2.24, 2.45) is 0 Å². The van der Waals surface area contributed by atoms with E-state index in [2.05, 4.69) is 0 Å². The molecule has 0 unspecified atom stereocenters. The highest BCUT2D eigenvalue weighted by atomic mass is 32.1. The monoisotopic (exact) mass is 422 g/mol. The maximum atomic E-state index is 14.1. The summed E-state index contributed by atoms with van der Waals surface area (Å²) in [5.41, 5.74) is -1.35. The van der Waals surface area contributed by atoms with Crippen LogP contribution in [0.3, 0.4) is 0 Å². The molecule has 3 rings (SSSR count). The van der Waals surface area contributed by atoms with Gasteiger partial charge in [-0.25, -0.2) is 13.6 Å². The number of thiophene rings is 1. The van der Waals surface area contributed by atoms with Crippen molar-refractivity contribution in [3.8, 4) is 0 Å². The molecule has 154 valence electrons. The predicted octanol–water partition coefficient (Wildman–Crippen LogP) is 3.24. The number of hydrogen-bond donors (Lipinski definition) is 0. The lowest BCUT2D eigenvalue weighted by atomic mass is 10.1. The fourth-order valence-electron chi connectivity index (χ4n) is 2.94. The molecule has 0 fully saturated rings. The Morgan fingerprint density at radius 2 is 1.90 bits per heavy atom. The highest BCUT2D eigenvalue weighted by Crippen LogP contribution is 2.28. The molecule has 0 saturated heterocycles. The molecule has 0 radical (unpaired) electrons. The third-order valence-corrected chi connectivity index (χ3v) is 5.88. The molecule has 0 bridgehead atoms. The van der Waals surface area contributed by atoms with Crippen LogP contribution in [-0.2, 0) is 22.6 Å². The van der Waals surface area contributed by atoms with Crippen molar-refractivity contribution in [1.29, 1.82) is 0 Å². The minimum atomic E-state index is -0.860. The number of carbonyl (C=O) groups excluding carboxylic acids is 1. The topological polar surface area (TPSA) is 70.3 Å². The van der Waals surface area contributed by atoms with Crippen LogP contribution >= 0.6 is 11.3 Å². The quantitative estimate of drug-likeness (QED) is 0.572. The smallest absolute Gasteiger partial charge is 0.332 e. The van der Waals surface area contributed by atoms with Gasteiger partial charge in [-0.2, -0.15) is 0 Å². The lowest BCUT2D eigenvalue weighted by molar-refractivity contribution is -0.143. The second-order valence-electron chi connectivity index (χ2n) is 6.82. The van der Waals surface area contributed by atoms with Crippen LogP contribution in [0.15, 0.2) is 33.9 Å². The van der Waals surface area contributed by atoms with Crippen molar-refractivity contribution in [3.05, 3.63) is 67.2 Å². The van der Waals surface area contributed by atoms with Gasteiger partial charge in [0.1, 0.15) is 23.0 Å². The van der Waals surface area contributed by atoms with Crippen LogP contribution in [0.1, 0.15) is 37.1 Å². The Hall–Kier alpha value is -2.81. The van der Waals surface area contributed by atoms with Crippen molar-refractivity contribution in [2.45, 2.75) is 39.8 Å². The van der Waals surface area contributed by atoms with Crippen LogP contribution in [0.25, 0.3) is 10.2 Å². The van der Waals surface area contributed by atoms with Crippen LogP contribution < -0.4 is 11.2 Å². The number of benzene rings is 1. The van der Waals surface area contributed by atoms with Crippen molar-refractivity contribution in [3.63, 3.8) is 0 Å². The third kappa shape index (κ3) is 4.14. The highest BCUT2D eigenvalue weighted by molar-refractivity contribution is 7.18. The van der Waals surface area contributed by atoms with Gasteiger partial charge in [0.25, 0.3) is 5.56 Å². The molecule has 0 aliphatic heterocycles. The molecule has 9 heteroatoms. The molecule has 2 heterocycles. The zero-order chi connectivity index (χ0) is 21.3. The van der Waals surface area contributed by atoms with E-state index in [4.69, 9.17) is 4.74 Å².